The molecule has 0 saturated carbocycles. The molecule has 1 heterocycles. The van der Waals surface area contributed by atoms with E-state index in [2.05, 4.69) is 22.9 Å². The van der Waals surface area contributed by atoms with Crippen LogP contribution in [0.5, 0.6) is 0 Å². The molecule has 1 atom stereocenters. The zero-order valence-electron chi connectivity index (χ0n) is 14.0. The zero-order valence-corrected chi connectivity index (χ0v) is 15.6. The lowest BCUT2D eigenvalue weighted by atomic mass is 9.81. The van der Waals surface area contributed by atoms with E-state index in [1.54, 1.807) is 31.2 Å². The van der Waals surface area contributed by atoms with Gasteiger partial charge in [0.2, 0.25) is 5.91 Å². The summed E-state index contributed by atoms with van der Waals surface area (Å²) < 4.78 is 0. The molecule has 134 valence electrons. The highest BCUT2D eigenvalue weighted by Crippen LogP contribution is 2.26. The predicted molar refractivity (Wildman–Crippen MR) is 98.8 cm³/mol. The van der Waals surface area contributed by atoms with Crippen LogP contribution in [-0.4, -0.2) is 37.5 Å². The lowest BCUT2D eigenvalue weighted by Gasteiger charge is -2.34. The number of hydrogen-bond donors (Lipinski definition) is 3. The van der Waals surface area contributed by atoms with Crippen LogP contribution in [0, 0.1) is 5.41 Å². The first-order chi connectivity index (χ1) is 10.9. The minimum absolute atomic E-state index is 0. The van der Waals surface area contributed by atoms with Gasteiger partial charge < -0.3 is 16.0 Å². The highest BCUT2D eigenvalue weighted by molar-refractivity contribution is 6.30. The van der Waals surface area contributed by atoms with E-state index in [1.807, 2.05) is 0 Å². The molecule has 1 aliphatic heterocycles. The van der Waals surface area contributed by atoms with E-state index in [4.69, 9.17) is 11.6 Å². The van der Waals surface area contributed by atoms with Crippen LogP contribution in [0.3, 0.4) is 0 Å². The summed E-state index contributed by atoms with van der Waals surface area (Å²) >= 11 is 5.80. The molecule has 1 saturated heterocycles. The number of benzene rings is 1. The minimum Gasteiger partial charge on any atom is -0.354 e. The van der Waals surface area contributed by atoms with Gasteiger partial charge >= 0.3 is 0 Å². The van der Waals surface area contributed by atoms with Gasteiger partial charge in [-0.1, -0.05) is 18.5 Å². The molecular weight excluding hydrogens is 349 g/mol. The number of halogens is 2. The van der Waals surface area contributed by atoms with E-state index >= 15 is 0 Å². The molecule has 7 heteroatoms. The van der Waals surface area contributed by atoms with Gasteiger partial charge in [-0.3, -0.25) is 9.59 Å². The van der Waals surface area contributed by atoms with E-state index in [9.17, 15) is 9.59 Å². The van der Waals surface area contributed by atoms with Crippen LogP contribution in [-0.2, 0) is 4.79 Å². The normalized spacial score (nSPS) is 17.3. The van der Waals surface area contributed by atoms with Crippen molar-refractivity contribution in [3.63, 3.8) is 0 Å². The Hall–Kier alpha value is -1.30. The molecule has 1 aliphatic rings. The summed E-state index contributed by atoms with van der Waals surface area (Å²) in [6.07, 6.45) is 2.08. The van der Waals surface area contributed by atoms with Crippen molar-refractivity contribution in [2.75, 3.05) is 19.6 Å². The van der Waals surface area contributed by atoms with Crippen molar-refractivity contribution < 1.29 is 9.59 Å². The van der Waals surface area contributed by atoms with Gasteiger partial charge in [-0.2, -0.15) is 0 Å². The molecule has 0 bridgehead atoms. The van der Waals surface area contributed by atoms with Crippen molar-refractivity contribution in [3.8, 4) is 0 Å². The molecule has 1 aromatic rings. The molecule has 0 aromatic heterocycles. The topological polar surface area (TPSA) is 70.2 Å². The van der Waals surface area contributed by atoms with Crippen LogP contribution in [0.1, 0.15) is 37.0 Å². The molecule has 0 radical (unpaired) electrons. The standard InChI is InChI=1S/C17H24ClN3O2.ClH/c1-12(21-16(23)13-3-5-14(18)6-4-13)15(22)20-11-17(2)7-9-19-10-8-17;/h3-6,12,19H,7-11H2,1-2H3,(H,20,22)(H,21,23);1H. The number of carbonyl (C=O) groups excluding carboxylic acids is 2. The van der Waals surface area contributed by atoms with E-state index in [0.29, 0.717) is 17.1 Å². The van der Waals surface area contributed by atoms with Crippen LogP contribution in [0.2, 0.25) is 5.02 Å². The molecule has 1 aromatic carbocycles. The summed E-state index contributed by atoms with van der Waals surface area (Å²) in [5.74, 6) is -0.440. The highest BCUT2D eigenvalue weighted by Gasteiger charge is 2.28. The molecule has 3 N–H and O–H groups in total. The Balaban J connectivity index is 0.00000288. The molecule has 2 rings (SSSR count). The van der Waals surface area contributed by atoms with Crippen molar-refractivity contribution in [1.29, 1.82) is 0 Å². The highest BCUT2D eigenvalue weighted by atomic mass is 35.5. The van der Waals surface area contributed by atoms with Crippen LogP contribution in [0.4, 0.5) is 0 Å². The summed E-state index contributed by atoms with van der Waals surface area (Å²) in [6.45, 7) is 6.47. The molecule has 5 nitrogen and oxygen atoms in total. The summed E-state index contributed by atoms with van der Waals surface area (Å²) in [7, 11) is 0. The first-order valence-electron chi connectivity index (χ1n) is 7.94. The lowest BCUT2D eigenvalue weighted by molar-refractivity contribution is -0.123. The van der Waals surface area contributed by atoms with Gasteiger partial charge in [0.1, 0.15) is 6.04 Å². The van der Waals surface area contributed by atoms with Gasteiger partial charge in [-0.15, -0.1) is 12.4 Å². The fourth-order valence-electron chi connectivity index (χ4n) is 2.61. The molecule has 1 unspecified atom stereocenters. The van der Waals surface area contributed by atoms with E-state index in [0.717, 1.165) is 25.9 Å². The summed E-state index contributed by atoms with van der Waals surface area (Å²) in [4.78, 5) is 24.3. The van der Waals surface area contributed by atoms with Crippen LogP contribution < -0.4 is 16.0 Å². The average molecular weight is 374 g/mol. The summed E-state index contributed by atoms with van der Waals surface area (Å²) in [6, 6.07) is 6.00. The SMILES string of the molecule is CC(NC(=O)c1ccc(Cl)cc1)C(=O)NCC1(C)CCNCC1.Cl. The number of carbonyl (C=O) groups is 2. The Morgan fingerprint density at radius 3 is 2.42 bits per heavy atom. The maximum absolute atomic E-state index is 12.2. The summed E-state index contributed by atoms with van der Waals surface area (Å²) in [5, 5.41) is 9.56. The Bertz CT molecular complexity index is 557. The monoisotopic (exact) mass is 373 g/mol. The molecule has 24 heavy (non-hydrogen) atoms. The smallest absolute Gasteiger partial charge is 0.251 e. The maximum atomic E-state index is 12.2. The Labute approximate surface area is 154 Å². The molecule has 1 fully saturated rings. The van der Waals surface area contributed by atoms with Crippen LogP contribution in [0.25, 0.3) is 0 Å². The van der Waals surface area contributed by atoms with Crippen molar-refractivity contribution in [2.24, 2.45) is 5.41 Å². The third kappa shape index (κ3) is 5.96. The maximum Gasteiger partial charge on any atom is 0.251 e. The van der Waals surface area contributed by atoms with Crippen LogP contribution >= 0.6 is 24.0 Å². The number of piperidine rings is 1. The largest absolute Gasteiger partial charge is 0.354 e. The molecule has 0 spiro atoms. The van der Waals surface area contributed by atoms with Gasteiger partial charge in [-0.05, 0) is 62.5 Å². The third-order valence-electron chi connectivity index (χ3n) is 4.35. The Morgan fingerprint density at radius 2 is 1.83 bits per heavy atom. The third-order valence-corrected chi connectivity index (χ3v) is 4.60. The van der Waals surface area contributed by atoms with Crippen molar-refractivity contribution in [2.45, 2.75) is 32.7 Å². The summed E-state index contributed by atoms with van der Waals surface area (Å²) in [5.41, 5.74) is 0.611. The molecular formula is C17H25Cl2N3O2. The van der Waals surface area contributed by atoms with Crippen molar-refractivity contribution in [1.82, 2.24) is 16.0 Å². The number of rotatable bonds is 5. The second-order valence-electron chi connectivity index (χ2n) is 6.48. The van der Waals surface area contributed by atoms with E-state index in [1.165, 1.54) is 0 Å². The van der Waals surface area contributed by atoms with Gasteiger partial charge in [0.25, 0.3) is 5.91 Å². The van der Waals surface area contributed by atoms with Crippen molar-refractivity contribution in [3.05, 3.63) is 34.9 Å². The Morgan fingerprint density at radius 1 is 1.25 bits per heavy atom. The molecule has 2 amide bonds. The fraction of sp³-hybridized carbons (Fsp3) is 0.529. The fourth-order valence-corrected chi connectivity index (χ4v) is 2.73. The number of hydrogen-bond acceptors (Lipinski definition) is 3. The minimum atomic E-state index is -0.580. The van der Waals surface area contributed by atoms with Gasteiger partial charge in [-0.25, -0.2) is 0 Å². The lowest BCUT2D eigenvalue weighted by Crippen LogP contribution is -2.49. The molecule has 0 aliphatic carbocycles. The number of amides is 2. The Kier molecular flexibility index (Phi) is 8.00. The second-order valence-corrected chi connectivity index (χ2v) is 6.92. The van der Waals surface area contributed by atoms with Gasteiger partial charge in [0.05, 0.1) is 0 Å². The van der Waals surface area contributed by atoms with E-state index in [-0.39, 0.29) is 29.6 Å². The zero-order chi connectivity index (χ0) is 16.9. The first kappa shape index (κ1) is 20.7. The van der Waals surface area contributed by atoms with Crippen LogP contribution in [0.15, 0.2) is 24.3 Å². The van der Waals surface area contributed by atoms with Gasteiger partial charge in [0, 0.05) is 17.1 Å². The average Bonchev–Trinajstić information content (AvgIpc) is 2.54. The quantitative estimate of drug-likeness (QED) is 0.741. The number of nitrogens with one attached hydrogen (secondary N) is 3. The second kappa shape index (κ2) is 9.25. The predicted octanol–water partition coefficient (Wildman–Crippen LogP) is 2.39. The van der Waals surface area contributed by atoms with Crippen molar-refractivity contribution >= 4 is 35.8 Å². The van der Waals surface area contributed by atoms with Gasteiger partial charge in [0.15, 0.2) is 0 Å². The van der Waals surface area contributed by atoms with E-state index < -0.39 is 6.04 Å². The first-order valence-corrected chi connectivity index (χ1v) is 8.32.